The molecular weight excluding hydrogens is 336 g/mol. The van der Waals surface area contributed by atoms with E-state index in [1.54, 1.807) is 30.3 Å². The molecular formula is C15H13BrN2O3. The summed E-state index contributed by atoms with van der Waals surface area (Å²) in [5, 5.41) is 11.8. The molecule has 0 atom stereocenters. The summed E-state index contributed by atoms with van der Waals surface area (Å²) in [7, 11) is 0. The standard InChI is InChI=1S/C15H13BrN2O3/c1-8-5-6-12(17)10(7-8)14(19)18-13-9(15(20)21)3-2-4-11(13)16/h2-7H,17H2,1H3,(H,18,19)(H,20,21). The molecule has 4 N–H and O–H groups in total. The fraction of sp³-hybridized carbons (Fsp3) is 0.0667. The van der Waals surface area contributed by atoms with Crippen LogP contribution < -0.4 is 11.1 Å². The van der Waals surface area contributed by atoms with Crippen LogP contribution in [0.4, 0.5) is 11.4 Å². The number of carbonyl (C=O) groups excluding carboxylic acids is 1. The van der Waals surface area contributed by atoms with Crippen LogP contribution in [0.2, 0.25) is 0 Å². The van der Waals surface area contributed by atoms with Crippen molar-refractivity contribution in [3.8, 4) is 0 Å². The molecule has 6 heteroatoms. The number of hydrogen-bond acceptors (Lipinski definition) is 3. The van der Waals surface area contributed by atoms with Crippen LogP contribution in [0.25, 0.3) is 0 Å². The number of rotatable bonds is 3. The van der Waals surface area contributed by atoms with Gasteiger partial charge in [-0.15, -0.1) is 0 Å². The van der Waals surface area contributed by atoms with Crippen LogP contribution >= 0.6 is 15.9 Å². The number of halogens is 1. The van der Waals surface area contributed by atoms with E-state index in [1.165, 1.54) is 6.07 Å². The third-order valence-electron chi connectivity index (χ3n) is 2.94. The molecule has 2 rings (SSSR count). The summed E-state index contributed by atoms with van der Waals surface area (Å²) < 4.78 is 0.488. The van der Waals surface area contributed by atoms with Crippen LogP contribution in [0.1, 0.15) is 26.3 Å². The van der Waals surface area contributed by atoms with Crippen molar-refractivity contribution in [3.63, 3.8) is 0 Å². The summed E-state index contributed by atoms with van der Waals surface area (Å²) in [6, 6.07) is 9.76. The Morgan fingerprint density at radius 1 is 1.19 bits per heavy atom. The molecule has 0 aliphatic rings. The zero-order valence-corrected chi connectivity index (χ0v) is 12.8. The molecule has 0 unspecified atom stereocenters. The van der Waals surface area contributed by atoms with Crippen LogP contribution in [0.3, 0.4) is 0 Å². The second kappa shape index (κ2) is 5.97. The summed E-state index contributed by atoms with van der Waals surface area (Å²) in [4.78, 5) is 23.5. The lowest BCUT2D eigenvalue weighted by Crippen LogP contribution is -2.17. The van der Waals surface area contributed by atoms with E-state index in [0.717, 1.165) is 5.56 Å². The van der Waals surface area contributed by atoms with Gasteiger partial charge in [0.2, 0.25) is 0 Å². The molecule has 0 aromatic heterocycles. The molecule has 0 saturated heterocycles. The molecule has 108 valence electrons. The fourth-order valence-electron chi connectivity index (χ4n) is 1.88. The normalized spacial score (nSPS) is 10.2. The number of carbonyl (C=O) groups is 2. The second-order valence-corrected chi connectivity index (χ2v) is 5.37. The molecule has 2 aromatic carbocycles. The van der Waals surface area contributed by atoms with Gasteiger partial charge in [-0.2, -0.15) is 0 Å². The lowest BCUT2D eigenvalue weighted by atomic mass is 10.1. The van der Waals surface area contributed by atoms with Crippen molar-refractivity contribution in [1.29, 1.82) is 0 Å². The van der Waals surface area contributed by atoms with Crippen molar-refractivity contribution in [2.24, 2.45) is 0 Å². The van der Waals surface area contributed by atoms with E-state index >= 15 is 0 Å². The Kier molecular flexibility index (Phi) is 4.28. The van der Waals surface area contributed by atoms with Crippen LogP contribution in [-0.4, -0.2) is 17.0 Å². The van der Waals surface area contributed by atoms with Crippen molar-refractivity contribution in [3.05, 3.63) is 57.6 Å². The molecule has 0 bridgehead atoms. The molecule has 5 nitrogen and oxygen atoms in total. The number of hydrogen-bond donors (Lipinski definition) is 3. The Hall–Kier alpha value is -2.34. The zero-order valence-electron chi connectivity index (χ0n) is 11.2. The number of carboxylic acid groups (broad SMARTS) is 1. The van der Waals surface area contributed by atoms with E-state index < -0.39 is 11.9 Å². The van der Waals surface area contributed by atoms with E-state index in [0.29, 0.717) is 15.7 Å². The van der Waals surface area contributed by atoms with Crippen molar-refractivity contribution >= 4 is 39.2 Å². The third-order valence-corrected chi connectivity index (χ3v) is 3.60. The number of aromatic carboxylic acids is 1. The fourth-order valence-corrected chi connectivity index (χ4v) is 2.34. The lowest BCUT2D eigenvalue weighted by Gasteiger charge is -2.12. The van der Waals surface area contributed by atoms with Gasteiger partial charge in [-0.05, 0) is 47.1 Å². The summed E-state index contributed by atoms with van der Waals surface area (Å²) in [5.74, 6) is -1.57. The van der Waals surface area contributed by atoms with Gasteiger partial charge >= 0.3 is 5.97 Å². The van der Waals surface area contributed by atoms with Crippen LogP contribution in [0, 0.1) is 6.92 Å². The predicted molar refractivity (Wildman–Crippen MR) is 84.6 cm³/mol. The highest BCUT2D eigenvalue weighted by Gasteiger charge is 2.17. The number of para-hydroxylation sites is 1. The summed E-state index contributed by atoms with van der Waals surface area (Å²) in [6.07, 6.45) is 0. The minimum Gasteiger partial charge on any atom is -0.478 e. The Bertz CT molecular complexity index is 729. The highest BCUT2D eigenvalue weighted by atomic mass is 79.9. The lowest BCUT2D eigenvalue weighted by molar-refractivity contribution is 0.0698. The number of nitrogens with two attached hydrogens (primary N) is 1. The SMILES string of the molecule is Cc1ccc(N)c(C(=O)Nc2c(Br)cccc2C(=O)O)c1. The number of benzene rings is 2. The number of carboxylic acids is 1. The molecule has 1 amide bonds. The summed E-state index contributed by atoms with van der Waals surface area (Å²) in [5.41, 5.74) is 7.53. The first kappa shape index (κ1) is 15.1. The van der Waals surface area contributed by atoms with Gasteiger partial charge in [0.25, 0.3) is 5.91 Å². The van der Waals surface area contributed by atoms with Gasteiger partial charge in [0.05, 0.1) is 16.8 Å². The van der Waals surface area contributed by atoms with Crippen molar-refractivity contribution < 1.29 is 14.7 Å². The molecule has 0 aliphatic heterocycles. The molecule has 0 radical (unpaired) electrons. The molecule has 0 aliphatic carbocycles. The average Bonchev–Trinajstić information content (AvgIpc) is 2.43. The maximum Gasteiger partial charge on any atom is 0.337 e. The maximum atomic E-state index is 12.3. The summed E-state index contributed by atoms with van der Waals surface area (Å²) >= 11 is 3.24. The molecule has 0 heterocycles. The average molecular weight is 349 g/mol. The first-order valence-electron chi connectivity index (χ1n) is 6.09. The number of nitrogen functional groups attached to an aromatic ring is 1. The number of aryl methyl sites for hydroxylation is 1. The monoisotopic (exact) mass is 348 g/mol. The molecule has 0 saturated carbocycles. The van der Waals surface area contributed by atoms with E-state index in [4.69, 9.17) is 5.73 Å². The van der Waals surface area contributed by atoms with Crippen LogP contribution in [0.5, 0.6) is 0 Å². The Morgan fingerprint density at radius 2 is 1.90 bits per heavy atom. The van der Waals surface area contributed by atoms with Crippen LogP contribution in [-0.2, 0) is 0 Å². The van der Waals surface area contributed by atoms with E-state index in [1.807, 2.05) is 6.92 Å². The topological polar surface area (TPSA) is 92.4 Å². The van der Waals surface area contributed by atoms with Gasteiger partial charge in [0, 0.05) is 10.2 Å². The van der Waals surface area contributed by atoms with E-state index in [-0.39, 0.29) is 11.3 Å². The first-order valence-corrected chi connectivity index (χ1v) is 6.88. The van der Waals surface area contributed by atoms with Crippen molar-refractivity contribution in [2.75, 3.05) is 11.1 Å². The zero-order chi connectivity index (χ0) is 15.6. The van der Waals surface area contributed by atoms with Crippen LogP contribution in [0.15, 0.2) is 40.9 Å². The molecule has 21 heavy (non-hydrogen) atoms. The second-order valence-electron chi connectivity index (χ2n) is 4.51. The number of amides is 1. The number of nitrogens with one attached hydrogen (secondary N) is 1. The van der Waals surface area contributed by atoms with Gasteiger partial charge < -0.3 is 16.2 Å². The largest absolute Gasteiger partial charge is 0.478 e. The third kappa shape index (κ3) is 3.22. The highest BCUT2D eigenvalue weighted by molar-refractivity contribution is 9.10. The minimum atomic E-state index is -1.12. The van der Waals surface area contributed by atoms with Gasteiger partial charge in [-0.1, -0.05) is 17.7 Å². The van der Waals surface area contributed by atoms with Gasteiger partial charge in [-0.25, -0.2) is 4.79 Å². The van der Waals surface area contributed by atoms with E-state index in [2.05, 4.69) is 21.2 Å². The Morgan fingerprint density at radius 3 is 2.57 bits per heavy atom. The molecule has 2 aromatic rings. The first-order chi connectivity index (χ1) is 9.90. The minimum absolute atomic E-state index is 0.00366. The summed E-state index contributed by atoms with van der Waals surface area (Å²) in [6.45, 7) is 1.84. The Labute approximate surface area is 129 Å². The van der Waals surface area contributed by atoms with Gasteiger partial charge in [-0.3, -0.25) is 4.79 Å². The van der Waals surface area contributed by atoms with E-state index in [9.17, 15) is 14.7 Å². The molecule has 0 fully saturated rings. The highest BCUT2D eigenvalue weighted by Crippen LogP contribution is 2.27. The smallest absolute Gasteiger partial charge is 0.337 e. The van der Waals surface area contributed by atoms with Gasteiger partial charge in [0.1, 0.15) is 0 Å². The maximum absolute atomic E-state index is 12.3. The van der Waals surface area contributed by atoms with Gasteiger partial charge in [0.15, 0.2) is 0 Å². The number of anilines is 2. The molecule has 0 spiro atoms. The van der Waals surface area contributed by atoms with Crippen molar-refractivity contribution in [1.82, 2.24) is 0 Å². The van der Waals surface area contributed by atoms with Crippen molar-refractivity contribution in [2.45, 2.75) is 6.92 Å². The quantitative estimate of drug-likeness (QED) is 0.742. The predicted octanol–water partition coefficient (Wildman–Crippen LogP) is 3.29. The Balaban J connectivity index is 2.41.